The number of carbonyl (C=O) groups excluding carboxylic acids is 2. The Morgan fingerprint density at radius 1 is 0.905 bits per heavy atom. The third-order valence-corrected chi connectivity index (χ3v) is 2.96. The van der Waals surface area contributed by atoms with Crippen LogP contribution in [0, 0.1) is 10.1 Å². The number of carbonyl (C=O) groups is 2. The van der Waals surface area contributed by atoms with E-state index in [9.17, 15) is 19.7 Å². The van der Waals surface area contributed by atoms with Crippen molar-refractivity contribution >= 4 is 17.5 Å². The number of nitro groups is 1. The number of primary amides is 2. The van der Waals surface area contributed by atoms with Crippen LogP contribution in [0.3, 0.4) is 0 Å². The van der Waals surface area contributed by atoms with Gasteiger partial charge < -0.3 is 11.5 Å². The van der Waals surface area contributed by atoms with E-state index in [-0.39, 0.29) is 22.4 Å². The predicted molar refractivity (Wildman–Crippen MR) is 75.6 cm³/mol. The Hall–Kier alpha value is -3.22. The molecule has 0 saturated heterocycles. The van der Waals surface area contributed by atoms with Gasteiger partial charge in [0.1, 0.15) is 0 Å². The third kappa shape index (κ3) is 2.71. The normalized spacial score (nSPS) is 10.1. The largest absolute Gasteiger partial charge is 0.366 e. The Balaban J connectivity index is 2.68. The van der Waals surface area contributed by atoms with Crippen LogP contribution in [0.2, 0.25) is 0 Å². The monoisotopic (exact) mass is 285 g/mol. The molecule has 21 heavy (non-hydrogen) atoms. The molecule has 0 fully saturated rings. The summed E-state index contributed by atoms with van der Waals surface area (Å²) < 4.78 is 0. The standard InChI is InChI=1S/C14H11N3O4/c15-13(18)10-2-1-3-11(14(16)19)12(10)8-4-6-9(7-5-8)17(20)21/h1-7H,(H2,15,18)(H2,16,19). The molecule has 7 heteroatoms. The summed E-state index contributed by atoms with van der Waals surface area (Å²) in [6.45, 7) is 0. The van der Waals surface area contributed by atoms with Crippen molar-refractivity contribution in [3.63, 3.8) is 0 Å². The first-order chi connectivity index (χ1) is 9.91. The fraction of sp³-hybridized carbons (Fsp3) is 0. The van der Waals surface area contributed by atoms with Gasteiger partial charge in [0.2, 0.25) is 11.8 Å². The van der Waals surface area contributed by atoms with Gasteiger partial charge >= 0.3 is 0 Å². The summed E-state index contributed by atoms with van der Waals surface area (Å²) in [5, 5.41) is 10.7. The molecule has 2 aromatic carbocycles. The molecule has 4 N–H and O–H groups in total. The molecule has 7 nitrogen and oxygen atoms in total. The zero-order valence-electron chi connectivity index (χ0n) is 10.8. The van der Waals surface area contributed by atoms with Crippen LogP contribution in [0.15, 0.2) is 42.5 Å². The van der Waals surface area contributed by atoms with Gasteiger partial charge in [-0.3, -0.25) is 19.7 Å². The molecule has 0 spiro atoms. The van der Waals surface area contributed by atoms with E-state index in [1.165, 1.54) is 42.5 Å². The van der Waals surface area contributed by atoms with E-state index in [1.54, 1.807) is 0 Å². The lowest BCUT2D eigenvalue weighted by Gasteiger charge is -2.11. The summed E-state index contributed by atoms with van der Waals surface area (Å²) in [5.41, 5.74) is 11.5. The van der Waals surface area contributed by atoms with Crippen molar-refractivity contribution in [2.24, 2.45) is 11.5 Å². The molecule has 0 aromatic heterocycles. The molecule has 2 rings (SSSR count). The van der Waals surface area contributed by atoms with Crippen molar-refractivity contribution in [3.05, 3.63) is 63.7 Å². The van der Waals surface area contributed by atoms with Gasteiger partial charge in [0, 0.05) is 28.8 Å². The number of hydrogen-bond donors (Lipinski definition) is 2. The summed E-state index contributed by atoms with van der Waals surface area (Å²) in [4.78, 5) is 33.1. The lowest BCUT2D eigenvalue weighted by molar-refractivity contribution is -0.384. The van der Waals surface area contributed by atoms with Gasteiger partial charge in [-0.1, -0.05) is 6.07 Å². The van der Waals surface area contributed by atoms with Crippen molar-refractivity contribution in [2.45, 2.75) is 0 Å². The Kier molecular flexibility index (Phi) is 3.66. The van der Waals surface area contributed by atoms with E-state index in [2.05, 4.69) is 0 Å². The fourth-order valence-electron chi connectivity index (χ4n) is 2.02. The summed E-state index contributed by atoms with van der Waals surface area (Å²) in [6.07, 6.45) is 0. The van der Waals surface area contributed by atoms with Gasteiger partial charge in [-0.05, 0) is 29.8 Å². The van der Waals surface area contributed by atoms with Crippen LogP contribution in [-0.2, 0) is 0 Å². The second kappa shape index (κ2) is 5.41. The van der Waals surface area contributed by atoms with E-state index in [0.717, 1.165) is 0 Å². The number of nitrogens with two attached hydrogens (primary N) is 2. The van der Waals surface area contributed by atoms with Crippen molar-refractivity contribution in [2.75, 3.05) is 0 Å². The number of non-ortho nitro benzene ring substituents is 1. The highest BCUT2D eigenvalue weighted by Gasteiger charge is 2.18. The molecule has 0 aliphatic heterocycles. The maximum absolute atomic E-state index is 11.5. The molecule has 2 aromatic rings. The van der Waals surface area contributed by atoms with Crippen molar-refractivity contribution in [1.29, 1.82) is 0 Å². The summed E-state index contributed by atoms with van der Waals surface area (Å²) in [5.74, 6) is -1.43. The molecule has 0 radical (unpaired) electrons. The number of nitrogens with zero attached hydrogens (tertiary/aromatic N) is 1. The highest BCUT2D eigenvalue weighted by Crippen LogP contribution is 2.29. The lowest BCUT2D eigenvalue weighted by atomic mass is 9.93. The minimum Gasteiger partial charge on any atom is -0.366 e. The molecule has 0 bridgehead atoms. The summed E-state index contributed by atoms with van der Waals surface area (Å²) in [6, 6.07) is 9.85. The smallest absolute Gasteiger partial charge is 0.269 e. The van der Waals surface area contributed by atoms with Crippen LogP contribution < -0.4 is 11.5 Å². The van der Waals surface area contributed by atoms with Crippen LogP contribution in [-0.4, -0.2) is 16.7 Å². The maximum atomic E-state index is 11.5. The number of amides is 2. The van der Waals surface area contributed by atoms with Gasteiger partial charge in [-0.15, -0.1) is 0 Å². The Morgan fingerprint density at radius 2 is 1.38 bits per heavy atom. The van der Waals surface area contributed by atoms with Gasteiger partial charge in [0.15, 0.2) is 0 Å². The molecule has 2 amide bonds. The Labute approximate surface area is 119 Å². The second-order valence-corrected chi connectivity index (χ2v) is 4.26. The number of rotatable bonds is 4. The average molecular weight is 285 g/mol. The first-order valence-electron chi connectivity index (χ1n) is 5.89. The van der Waals surface area contributed by atoms with Gasteiger partial charge in [-0.25, -0.2) is 0 Å². The van der Waals surface area contributed by atoms with Crippen molar-refractivity contribution in [1.82, 2.24) is 0 Å². The van der Waals surface area contributed by atoms with Crippen LogP contribution in [0.25, 0.3) is 11.1 Å². The predicted octanol–water partition coefficient (Wildman–Crippen LogP) is 1.46. The topological polar surface area (TPSA) is 129 Å². The molecule has 0 aliphatic rings. The molecule has 0 atom stereocenters. The fourth-order valence-corrected chi connectivity index (χ4v) is 2.02. The molecule has 0 aliphatic carbocycles. The first kappa shape index (κ1) is 14.2. The number of nitro benzene ring substituents is 1. The summed E-state index contributed by atoms with van der Waals surface area (Å²) >= 11 is 0. The van der Waals surface area contributed by atoms with E-state index < -0.39 is 16.7 Å². The van der Waals surface area contributed by atoms with Crippen LogP contribution in [0.4, 0.5) is 5.69 Å². The van der Waals surface area contributed by atoms with Crippen LogP contribution >= 0.6 is 0 Å². The van der Waals surface area contributed by atoms with E-state index in [0.29, 0.717) is 5.56 Å². The molecule has 106 valence electrons. The lowest BCUT2D eigenvalue weighted by Crippen LogP contribution is -2.18. The SMILES string of the molecule is NC(=O)c1cccc(C(N)=O)c1-c1ccc([N+](=O)[O-])cc1. The zero-order valence-corrected chi connectivity index (χ0v) is 10.8. The Morgan fingerprint density at radius 3 is 1.76 bits per heavy atom. The zero-order chi connectivity index (χ0) is 15.6. The second-order valence-electron chi connectivity index (χ2n) is 4.26. The molecular formula is C14H11N3O4. The number of hydrogen-bond acceptors (Lipinski definition) is 4. The van der Waals surface area contributed by atoms with Crippen LogP contribution in [0.5, 0.6) is 0 Å². The van der Waals surface area contributed by atoms with E-state index in [4.69, 9.17) is 11.5 Å². The Bertz CT molecular complexity index is 706. The minimum atomic E-state index is -0.716. The van der Waals surface area contributed by atoms with Gasteiger partial charge in [0.25, 0.3) is 5.69 Å². The molecule has 0 heterocycles. The minimum absolute atomic E-state index is 0.101. The molecule has 0 saturated carbocycles. The quantitative estimate of drug-likeness (QED) is 0.650. The maximum Gasteiger partial charge on any atom is 0.269 e. The molecule has 0 unspecified atom stereocenters. The average Bonchev–Trinajstić information content (AvgIpc) is 2.46. The van der Waals surface area contributed by atoms with Crippen molar-refractivity contribution in [3.8, 4) is 11.1 Å². The molecular weight excluding hydrogens is 274 g/mol. The van der Waals surface area contributed by atoms with Crippen LogP contribution in [0.1, 0.15) is 20.7 Å². The highest BCUT2D eigenvalue weighted by atomic mass is 16.6. The summed E-state index contributed by atoms with van der Waals surface area (Å²) in [7, 11) is 0. The third-order valence-electron chi connectivity index (χ3n) is 2.96. The number of benzene rings is 2. The van der Waals surface area contributed by atoms with E-state index >= 15 is 0 Å². The van der Waals surface area contributed by atoms with E-state index in [1.807, 2.05) is 0 Å². The van der Waals surface area contributed by atoms with Gasteiger partial charge in [-0.2, -0.15) is 0 Å². The van der Waals surface area contributed by atoms with Gasteiger partial charge in [0.05, 0.1) is 4.92 Å². The highest BCUT2D eigenvalue weighted by molar-refractivity contribution is 6.08. The van der Waals surface area contributed by atoms with Crippen molar-refractivity contribution < 1.29 is 14.5 Å². The first-order valence-corrected chi connectivity index (χ1v) is 5.89.